The van der Waals surface area contributed by atoms with Crippen LogP contribution in [0.25, 0.3) is 5.65 Å². The predicted molar refractivity (Wildman–Crippen MR) is 90.7 cm³/mol. The Kier molecular flexibility index (Phi) is 4.29. The number of halogens is 1. The Morgan fingerprint density at radius 3 is 2.96 bits per heavy atom. The second-order valence-electron chi connectivity index (χ2n) is 6.50. The van der Waals surface area contributed by atoms with E-state index in [0.717, 1.165) is 5.65 Å². The highest BCUT2D eigenvalue weighted by Crippen LogP contribution is 2.23. The molecule has 0 saturated carbocycles. The molecule has 0 aromatic carbocycles. The lowest BCUT2D eigenvalue weighted by Gasteiger charge is -2.38. The second kappa shape index (κ2) is 6.09. The number of carbonyl (C=O) groups is 1. The summed E-state index contributed by atoms with van der Waals surface area (Å²) in [6, 6.07) is 3.29. The first-order chi connectivity index (χ1) is 10.8. The lowest BCUT2D eigenvalue weighted by Crippen LogP contribution is -2.59. The van der Waals surface area contributed by atoms with Crippen molar-refractivity contribution >= 4 is 33.4 Å². The van der Waals surface area contributed by atoms with E-state index in [1.54, 1.807) is 10.7 Å². The van der Waals surface area contributed by atoms with Crippen LogP contribution in [-0.2, 0) is 9.53 Å². The molecule has 1 N–H and O–H groups in total. The summed E-state index contributed by atoms with van der Waals surface area (Å²) in [5.74, 6) is 0.458. The highest BCUT2D eigenvalue weighted by atomic mass is 79.9. The molecule has 1 saturated heterocycles. The Labute approximate surface area is 143 Å². The average molecular weight is 382 g/mol. The van der Waals surface area contributed by atoms with Gasteiger partial charge in [0.1, 0.15) is 11.6 Å². The summed E-state index contributed by atoms with van der Waals surface area (Å²) < 4.78 is 7.25. The highest BCUT2D eigenvalue weighted by Gasteiger charge is 2.36. The van der Waals surface area contributed by atoms with Crippen molar-refractivity contribution in [3.05, 3.63) is 24.5 Å². The summed E-state index contributed by atoms with van der Waals surface area (Å²) in [7, 11) is 0. The quantitative estimate of drug-likeness (QED) is 0.483. The first kappa shape index (κ1) is 16.2. The Balaban J connectivity index is 1.90. The zero-order valence-corrected chi connectivity index (χ0v) is 14.9. The van der Waals surface area contributed by atoms with Crippen molar-refractivity contribution in [3.8, 4) is 0 Å². The van der Waals surface area contributed by atoms with Crippen LogP contribution < -0.4 is 10.2 Å². The third kappa shape index (κ3) is 3.64. The van der Waals surface area contributed by atoms with E-state index >= 15 is 0 Å². The third-order valence-electron chi connectivity index (χ3n) is 3.46. The molecular formula is C15H20BrN5O2. The zero-order chi connectivity index (χ0) is 16.6. The van der Waals surface area contributed by atoms with Gasteiger partial charge in [-0.15, -0.1) is 0 Å². The molecule has 2 unspecified atom stereocenters. The molecule has 124 valence electrons. The van der Waals surface area contributed by atoms with E-state index in [2.05, 4.69) is 31.3 Å². The van der Waals surface area contributed by atoms with Crippen molar-refractivity contribution < 1.29 is 9.53 Å². The van der Waals surface area contributed by atoms with Gasteiger partial charge < -0.3 is 15.0 Å². The number of alkyl halides is 1. The van der Waals surface area contributed by atoms with E-state index in [1.165, 1.54) is 0 Å². The number of nitrogens with zero attached hydrogens (tertiary/aromatic N) is 4. The summed E-state index contributed by atoms with van der Waals surface area (Å²) in [4.78, 5) is 19.2. The molecule has 3 rings (SSSR count). The smallest absolute Gasteiger partial charge is 0.330 e. The molecule has 0 bridgehead atoms. The van der Waals surface area contributed by atoms with Gasteiger partial charge in [0.2, 0.25) is 0 Å². The number of fused-ring (bicyclic) bond motifs is 1. The van der Waals surface area contributed by atoms with Crippen molar-refractivity contribution in [2.24, 2.45) is 0 Å². The lowest BCUT2D eigenvalue weighted by atomic mass is 10.1. The number of hydrogen-bond acceptors (Lipinski definition) is 6. The van der Waals surface area contributed by atoms with E-state index < -0.39 is 11.6 Å². The molecular weight excluding hydrogens is 362 g/mol. The minimum absolute atomic E-state index is 0.0824. The molecule has 1 aliphatic rings. The zero-order valence-electron chi connectivity index (χ0n) is 13.4. The summed E-state index contributed by atoms with van der Waals surface area (Å²) in [5, 5.41) is 7.49. The van der Waals surface area contributed by atoms with Crippen LogP contribution in [0.3, 0.4) is 0 Å². The Bertz CT molecular complexity index is 678. The first-order valence-corrected chi connectivity index (χ1v) is 8.42. The molecule has 2 aromatic heterocycles. The SMILES string of the molecule is CC(C)(C)OC(=O)C1CNC(Br)CN1c1cn2ncccc2n1. The van der Waals surface area contributed by atoms with Crippen LogP contribution in [0.5, 0.6) is 0 Å². The van der Waals surface area contributed by atoms with Crippen LogP contribution in [-0.4, -0.2) is 50.3 Å². The monoisotopic (exact) mass is 381 g/mol. The molecule has 0 radical (unpaired) electrons. The van der Waals surface area contributed by atoms with Crippen LogP contribution in [0.1, 0.15) is 20.8 Å². The van der Waals surface area contributed by atoms with Crippen LogP contribution in [0.4, 0.5) is 5.82 Å². The number of anilines is 1. The maximum Gasteiger partial charge on any atom is 0.330 e. The number of aromatic nitrogens is 3. The van der Waals surface area contributed by atoms with Crippen LogP contribution in [0.15, 0.2) is 24.5 Å². The summed E-state index contributed by atoms with van der Waals surface area (Å²) in [5.41, 5.74) is 0.226. The number of ether oxygens (including phenoxy) is 1. The van der Waals surface area contributed by atoms with Gasteiger partial charge in [-0.1, -0.05) is 15.9 Å². The van der Waals surface area contributed by atoms with Crippen molar-refractivity contribution in [2.45, 2.75) is 37.4 Å². The molecule has 0 spiro atoms. The standard InChI is InChI=1S/C15H20BrN5O2/c1-15(2,3)23-14(22)10-7-17-11(16)8-20(10)13-9-21-12(19-13)5-4-6-18-21/h4-6,9-11,17H,7-8H2,1-3H3. The minimum atomic E-state index is -0.519. The van der Waals surface area contributed by atoms with Gasteiger partial charge in [0.25, 0.3) is 0 Å². The normalized spacial score (nSPS) is 22.3. The third-order valence-corrected chi connectivity index (χ3v) is 4.08. The van der Waals surface area contributed by atoms with Gasteiger partial charge in [0.15, 0.2) is 11.5 Å². The second-order valence-corrected chi connectivity index (χ2v) is 7.61. The summed E-state index contributed by atoms with van der Waals surface area (Å²) in [6.45, 7) is 6.70. The van der Waals surface area contributed by atoms with Crippen molar-refractivity contribution in [2.75, 3.05) is 18.0 Å². The molecule has 1 aliphatic heterocycles. The van der Waals surface area contributed by atoms with E-state index in [1.807, 2.05) is 44.0 Å². The number of piperazine rings is 1. The number of esters is 1. The molecule has 3 heterocycles. The number of carbonyl (C=O) groups excluding carboxylic acids is 1. The molecule has 2 atom stereocenters. The summed E-state index contributed by atoms with van der Waals surface area (Å²) >= 11 is 3.55. The number of hydrogen-bond donors (Lipinski definition) is 1. The van der Waals surface area contributed by atoms with Gasteiger partial charge in [0, 0.05) is 19.3 Å². The topological polar surface area (TPSA) is 71.8 Å². The van der Waals surface area contributed by atoms with E-state index in [4.69, 9.17) is 4.74 Å². The molecule has 8 heteroatoms. The van der Waals surface area contributed by atoms with Gasteiger partial charge in [0.05, 0.1) is 11.1 Å². The largest absolute Gasteiger partial charge is 0.458 e. The Morgan fingerprint density at radius 1 is 1.48 bits per heavy atom. The number of imidazole rings is 1. The Hall–Kier alpha value is -1.67. The van der Waals surface area contributed by atoms with Crippen molar-refractivity contribution in [1.29, 1.82) is 0 Å². The fourth-order valence-corrected chi connectivity index (χ4v) is 3.00. The van der Waals surface area contributed by atoms with Gasteiger partial charge in [-0.3, -0.25) is 0 Å². The molecule has 0 aliphatic carbocycles. The van der Waals surface area contributed by atoms with Gasteiger partial charge in [-0.05, 0) is 32.9 Å². The molecule has 23 heavy (non-hydrogen) atoms. The van der Waals surface area contributed by atoms with Gasteiger partial charge in [-0.25, -0.2) is 14.3 Å². The minimum Gasteiger partial charge on any atom is -0.458 e. The number of rotatable bonds is 2. The summed E-state index contributed by atoms with van der Waals surface area (Å²) in [6.07, 6.45) is 3.53. The number of nitrogens with one attached hydrogen (secondary N) is 1. The van der Waals surface area contributed by atoms with Gasteiger partial charge >= 0.3 is 5.97 Å². The fraction of sp³-hybridized carbons (Fsp3) is 0.533. The fourth-order valence-electron chi connectivity index (χ4n) is 2.50. The van der Waals surface area contributed by atoms with Gasteiger partial charge in [-0.2, -0.15) is 5.10 Å². The molecule has 1 fully saturated rings. The van der Waals surface area contributed by atoms with Crippen LogP contribution in [0, 0.1) is 0 Å². The predicted octanol–water partition coefficient (Wildman–Crippen LogP) is 1.57. The molecule has 2 aromatic rings. The van der Waals surface area contributed by atoms with Crippen molar-refractivity contribution in [1.82, 2.24) is 19.9 Å². The maximum atomic E-state index is 12.5. The first-order valence-electron chi connectivity index (χ1n) is 7.51. The van der Waals surface area contributed by atoms with E-state index in [9.17, 15) is 4.79 Å². The van der Waals surface area contributed by atoms with Crippen LogP contribution >= 0.6 is 15.9 Å². The average Bonchev–Trinajstić information content (AvgIpc) is 2.89. The van der Waals surface area contributed by atoms with Crippen molar-refractivity contribution in [3.63, 3.8) is 0 Å². The van der Waals surface area contributed by atoms with E-state index in [0.29, 0.717) is 18.9 Å². The van der Waals surface area contributed by atoms with E-state index in [-0.39, 0.29) is 10.9 Å². The maximum absolute atomic E-state index is 12.5. The highest BCUT2D eigenvalue weighted by molar-refractivity contribution is 9.09. The van der Waals surface area contributed by atoms with Crippen LogP contribution in [0.2, 0.25) is 0 Å². The molecule has 0 amide bonds. The Morgan fingerprint density at radius 2 is 2.26 bits per heavy atom. The lowest BCUT2D eigenvalue weighted by molar-refractivity contribution is -0.156. The molecule has 7 nitrogen and oxygen atoms in total.